The van der Waals surface area contributed by atoms with E-state index in [1.165, 1.54) is 23.9 Å². The normalized spacial score (nSPS) is 26.6. The van der Waals surface area contributed by atoms with Crippen LogP contribution in [0.2, 0.25) is 0 Å². The van der Waals surface area contributed by atoms with E-state index in [0.29, 0.717) is 0 Å². The Balaban J connectivity index is 1.46. The molecule has 0 saturated carbocycles. The number of halogens is 1. The lowest BCUT2D eigenvalue weighted by Crippen LogP contribution is -2.46. The van der Waals surface area contributed by atoms with Crippen LogP contribution in [0.5, 0.6) is 0 Å². The minimum Gasteiger partial charge on any atom is -0.379 e. The molecule has 0 radical (unpaired) electrons. The third-order valence-corrected chi connectivity index (χ3v) is 5.98. The number of ether oxygens (including phenoxy) is 1. The Kier molecular flexibility index (Phi) is 5.14. The van der Waals surface area contributed by atoms with Crippen molar-refractivity contribution < 1.29 is 9.13 Å². The molecule has 0 amide bonds. The summed E-state index contributed by atoms with van der Waals surface area (Å²) in [7, 11) is 0. The van der Waals surface area contributed by atoms with E-state index in [1.54, 1.807) is 18.5 Å². The summed E-state index contributed by atoms with van der Waals surface area (Å²) in [6.07, 6.45) is 1.33. The quantitative estimate of drug-likeness (QED) is 0.800. The maximum atomic E-state index is 13.2. The van der Waals surface area contributed by atoms with E-state index < -0.39 is 0 Å². The van der Waals surface area contributed by atoms with Crippen molar-refractivity contribution in [3.8, 4) is 0 Å². The second-order valence-electron chi connectivity index (χ2n) is 6.42. The van der Waals surface area contributed by atoms with E-state index in [0.717, 1.165) is 55.8 Å². The van der Waals surface area contributed by atoms with Crippen molar-refractivity contribution in [2.45, 2.75) is 11.7 Å². The summed E-state index contributed by atoms with van der Waals surface area (Å²) in [6, 6.07) is 6.23. The number of thioether (sulfide) groups is 1. The highest BCUT2D eigenvalue weighted by Gasteiger charge is 2.37. The summed E-state index contributed by atoms with van der Waals surface area (Å²) < 4.78 is 18.6. The van der Waals surface area contributed by atoms with Gasteiger partial charge in [0, 0.05) is 31.9 Å². The van der Waals surface area contributed by atoms with E-state index in [4.69, 9.17) is 16.2 Å². The zero-order valence-corrected chi connectivity index (χ0v) is 15.2. The number of hydrogen-bond acceptors (Lipinski definition) is 8. The second kappa shape index (κ2) is 7.53. The average molecular weight is 378 g/mol. The molecule has 26 heavy (non-hydrogen) atoms. The minimum absolute atomic E-state index is 0.197. The molecule has 1 saturated heterocycles. The van der Waals surface area contributed by atoms with Gasteiger partial charge in [0.15, 0.2) is 0 Å². The molecule has 4 N–H and O–H groups in total. The van der Waals surface area contributed by atoms with Crippen molar-refractivity contribution in [2.75, 3.05) is 44.3 Å². The molecule has 4 rings (SSSR count). The van der Waals surface area contributed by atoms with Crippen LogP contribution in [0.1, 0.15) is 0 Å². The largest absolute Gasteiger partial charge is 0.379 e. The van der Waals surface area contributed by atoms with Gasteiger partial charge in [-0.15, -0.1) is 0 Å². The third kappa shape index (κ3) is 3.45. The van der Waals surface area contributed by atoms with Crippen LogP contribution in [0.25, 0.3) is 0 Å². The molecular formula is C17H23FN6OS. The van der Waals surface area contributed by atoms with E-state index in [2.05, 4.69) is 14.8 Å². The Morgan fingerprint density at radius 1 is 1.15 bits per heavy atom. The molecule has 1 aromatic rings. The average Bonchev–Trinajstić information content (AvgIpc) is 2.98. The van der Waals surface area contributed by atoms with Crippen molar-refractivity contribution in [1.29, 1.82) is 0 Å². The summed E-state index contributed by atoms with van der Waals surface area (Å²) in [4.78, 5) is 11.9. The molecule has 0 spiro atoms. The molecule has 3 heterocycles. The lowest BCUT2D eigenvalue weighted by molar-refractivity contribution is 0.0345. The van der Waals surface area contributed by atoms with Crippen LogP contribution < -0.4 is 16.4 Å². The number of nitrogens with two attached hydrogens (primary N) is 2. The van der Waals surface area contributed by atoms with E-state index >= 15 is 0 Å². The number of benzene rings is 1. The first-order valence-corrected chi connectivity index (χ1v) is 9.58. The van der Waals surface area contributed by atoms with Crippen LogP contribution in [0.15, 0.2) is 40.0 Å². The standard InChI is InChI=1S/C17H23FN6OS/c18-12-1-3-13(4-2-12)24-11-21-16-14(15(24)19)26-17(20)23(16)6-5-22-7-9-25-10-8-22/h1-4,11,15,17H,5-10,19-20H2. The molecule has 3 aliphatic rings. The van der Waals surface area contributed by atoms with Gasteiger partial charge in [0.2, 0.25) is 0 Å². The third-order valence-electron chi connectivity index (χ3n) is 4.81. The number of hydrogen-bond donors (Lipinski definition) is 2. The van der Waals surface area contributed by atoms with Crippen molar-refractivity contribution in [1.82, 2.24) is 9.80 Å². The van der Waals surface area contributed by atoms with Crippen LogP contribution in [0, 0.1) is 5.82 Å². The first kappa shape index (κ1) is 17.7. The summed E-state index contributed by atoms with van der Waals surface area (Å²) >= 11 is 1.54. The molecule has 1 aromatic carbocycles. The van der Waals surface area contributed by atoms with Crippen molar-refractivity contribution in [3.05, 3.63) is 40.8 Å². The summed E-state index contributed by atoms with van der Waals surface area (Å²) in [5, 5.41) is 0. The van der Waals surface area contributed by atoms with Crippen molar-refractivity contribution in [2.24, 2.45) is 16.5 Å². The Labute approximate surface area is 156 Å². The Morgan fingerprint density at radius 2 is 1.88 bits per heavy atom. The molecule has 140 valence electrons. The number of anilines is 1. The minimum atomic E-state index is -0.377. The van der Waals surface area contributed by atoms with Crippen LogP contribution in [-0.4, -0.2) is 67.2 Å². The fourth-order valence-corrected chi connectivity index (χ4v) is 4.43. The summed E-state index contributed by atoms with van der Waals surface area (Å²) in [5.41, 5.74) is 13.4. The smallest absolute Gasteiger partial charge is 0.145 e. The molecule has 7 nitrogen and oxygen atoms in total. The summed E-state index contributed by atoms with van der Waals surface area (Å²) in [6.45, 7) is 5.18. The highest BCUT2D eigenvalue weighted by molar-refractivity contribution is 8.03. The molecule has 2 unspecified atom stereocenters. The number of rotatable bonds is 4. The van der Waals surface area contributed by atoms with Crippen LogP contribution >= 0.6 is 11.8 Å². The lowest BCUT2D eigenvalue weighted by atomic mass is 10.2. The zero-order valence-electron chi connectivity index (χ0n) is 14.4. The van der Waals surface area contributed by atoms with Gasteiger partial charge in [-0.1, -0.05) is 11.8 Å². The van der Waals surface area contributed by atoms with Gasteiger partial charge in [0.05, 0.1) is 24.5 Å². The maximum absolute atomic E-state index is 13.2. The monoisotopic (exact) mass is 378 g/mol. The van der Waals surface area contributed by atoms with Crippen LogP contribution in [0.4, 0.5) is 10.1 Å². The highest BCUT2D eigenvalue weighted by Crippen LogP contribution is 2.40. The Hall–Kier alpha value is -1.65. The van der Waals surface area contributed by atoms with E-state index in [-0.39, 0.29) is 17.5 Å². The predicted octanol–water partition coefficient (Wildman–Crippen LogP) is 0.751. The SMILES string of the molecule is NC1SC2=C(N=CN(c3ccc(F)cc3)C2N)N1CCN1CCOCC1. The lowest BCUT2D eigenvalue weighted by Gasteiger charge is -2.32. The van der Waals surface area contributed by atoms with Gasteiger partial charge in [-0.05, 0) is 24.3 Å². The molecule has 1 fully saturated rings. The molecule has 0 bridgehead atoms. The molecule has 3 aliphatic heterocycles. The van der Waals surface area contributed by atoms with Gasteiger partial charge in [-0.2, -0.15) is 0 Å². The van der Waals surface area contributed by atoms with Gasteiger partial charge in [-0.25, -0.2) is 9.38 Å². The van der Waals surface area contributed by atoms with Gasteiger partial charge >= 0.3 is 0 Å². The van der Waals surface area contributed by atoms with Crippen LogP contribution in [0.3, 0.4) is 0 Å². The fourth-order valence-electron chi connectivity index (χ4n) is 3.31. The molecular weight excluding hydrogens is 355 g/mol. The molecule has 0 aliphatic carbocycles. The van der Waals surface area contributed by atoms with Crippen molar-refractivity contribution >= 4 is 23.8 Å². The number of aliphatic imine (C=N–C) groups is 1. The van der Waals surface area contributed by atoms with Gasteiger partial charge < -0.3 is 26.0 Å². The Bertz CT molecular complexity index is 706. The first-order chi connectivity index (χ1) is 12.6. The predicted molar refractivity (Wildman–Crippen MR) is 102 cm³/mol. The molecule has 2 atom stereocenters. The van der Waals surface area contributed by atoms with E-state index in [9.17, 15) is 4.39 Å². The first-order valence-electron chi connectivity index (χ1n) is 8.70. The number of nitrogens with zero attached hydrogens (tertiary/aromatic N) is 4. The van der Waals surface area contributed by atoms with Gasteiger partial charge in [0.25, 0.3) is 0 Å². The topological polar surface area (TPSA) is 83.3 Å². The zero-order chi connectivity index (χ0) is 18.1. The van der Waals surface area contributed by atoms with E-state index in [1.807, 2.05) is 4.90 Å². The van der Waals surface area contributed by atoms with Gasteiger partial charge in [-0.3, -0.25) is 4.90 Å². The molecule has 9 heteroatoms. The second-order valence-corrected chi connectivity index (χ2v) is 7.58. The highest BCUT2D eigenvalue weighted by atomic mass is 32.2. The van der Waals surface area contributed by atoms with Crippen LogP contribution in [-0.2, 0) is 4.74 Å². The molecule has 0 aromatic heterocycles. The number of morpholine rings is 1. The Morgan fingerprint density at radius 3 is 2.62 bits per heavy atom. The summed E-state index contributed by atoms with van der Waals surface area (Å²) in [5.74, 6) is 0.573. The van der Waals surface area contributed by atoms with Crippen molar-refractivity contribution in [3.63, 3.8) is 0 Å². The fraction of sp³-hybridized carbons (Fsp3) is 0.471. The van der Waals surface area contributed by atoms with Gasteiger partial charge in [0.1, 0.15) is 23.3 Å². The maximum Gasteiger partial charge on any atom is 0.145 e.